The van der Waals surface area contributed by atoms with Gasteiger partial charge < -0.3 is 9.52 Å². The molecule has 3 aromatic rings. The number of thiazole rings is 1. The molecule has 0 radical (unpaired) electrons. The second-order valence-electron chi connectivity index (χ2n) is 3.58. The monoisotopic (exact) mass is 309 g/mol. The number of fused-ring (bicyclic) bond motifs is 1. The largest absolute Gasteiger partial charge is 0.454 e. The van der Waals surface area contributed by atoms with Crippen molar-refractivity contribution in [3.63, 3.8) is 0 Å². The minimum Gasteiger partial charge on any atom is -0.454 e. The lowest BCUT2D eigenvalue weighted by Gasteiger charge is -1.88. The zero-order valence-electron chi connectivity index (χ0n) is 8.68. The molecule has 0 amide bonds. The summed E-state index contributed by atoms with van der Waals surface area (Å²) in [6.45, 7) is -0.0313. The van der Waals surface area contributed by atoms with Crippen LogP contribution in [0.5, 0.6) is 0 Å². The molecule has 2 aromatic heterocycles. The van der Waals surface area contributed by atoms with Gasteiger partial charge in [0.25, 0.3) is 0 Å². The summed E-state index contributed by atoms with van der Waals surface area (Å²) in [4.78, 5) is 4.28. The summed E-state index contributed by atoms with van der Waals surface area (Å²) in [5.41, 5.74) is 1.60. The highest BCUT2D eigenvalue weighted by Gasteiger charge is 2.09. The normalized spacial score (nSPS) is 11.2. The van der Waals surface area contributed by atoms with Gasteiger partial charge in [-0.05, 0) is 24.3 Å². The second-order valence-corrected chi connectivity index (χ2v) is 5.44. The maximum absolute atomic E-state index is 8.99. The van der Waals surface area contributed by atoms with Gasteiger partial charge in [0.15, 0.2) is 5.76 Å². The van der Waals surface area contributed by atoms with Crippen molar-refractivity contribution in [2.75, 3.05) is 0 Å². The zero-order chi connectivity index (χ0) is 11.8. The maximum atomic E-state index is 8.99. The van der Waals surface area contributed by atoms with E-state index in [1.54, 1.807) is 0 Å². The summed E-state index contributed by atoms with van der Waals surface area (Å²) in [5, 5.41) is 12.6. The SMILES string of the molecule is OCc1nc(-c2cc3cc(Br)ccc3o2)cs1. The Morgan fingerprint density at radius 2 is 2.24 bits per heavy atom. The van der Waals surface area contributed by atoms with E-state index >= 15 is 0 Å². The van der Waals surface area contributed by atoms with E-state index in [0.717, 1.165) is 26.9 Å². The maximum Gasteiger partial charge on any atom is 0.154 e. The van der Waals surface area contributed by atoms with Gasteiger partial charge in [-0.1, -0.05) is 15.9 Å². The summed E-state index contributed by atoms with van der Waals surface area (Å²) in [5.74, 6) is 0.731. The van der Waals surface area contributed by atoms with Crippen molar-refractivity contribution in [3.05, 3.63) is 39.1 Å². The summed E-state index contributed by atoms with van der Waals surface area (Å²) < 4.78 is 6.73. The Balaban J connectivity index is 2.11. The van der Waals surface area contributed by atoms with E-state index in [1.807, 2.05) is 29.6 Å². The topological polar surface area (TPSA) is 46.3 Å². The van der Waals surface area contributed by atoms with Crippen LogP contribution in [-0.2, 0) is 6.61 Å². The van der Waals surface area contributed by atoms with Crippen LogP contribution in [0.4, 0.5) is 0 Å². The van der Waals surface area contributed by atoms with Crippen LogP contribution in [0.15, 0.2) is 38.5 Å². The molecule has 3 nitrogen and oxygen atoms in total. The standard InChI is InChI=1S/C12H8BrNO2S/c13-8-1-2-10-7(3-8)4-11(16-10)9-6-17-12(5-15)14-9/h1-4,6,15H,5H2. The first-order valence-corrected chi connectivity index (χ1v) is 6.68. The van der Waals surface area contributed by atoms with E-state index in [4.69, 9.17) is 9.52 Å². The molecule has 3 rings (SSSR count). The minimum absolute atomic E-state index is 0.0313. The van der Waals surface area contributed by atoms with Gasteiger partial charge in [-0.2, -0.15) is 0 Å². The molecule has 0 bridgehead atoms. The van der Waals surface area contributed by atoms with Crippen LogP contribution < -0.4 is 0 Å². The van der Waals surface area contributed by atoms with E-state index in [1.165, 1.54) is 11.3 Å². The van der Waals surface area contributed by atoms with Gasteiger partial charge in [-0.25, -0.2) is 4.98 Å². The average Bonchev–Trinajstić information content (AvgIpc) is 2.93. The average molecular weight is 310 g/mol. The third-order valence-electron chi connectivity index (χ3n) is 2.42. The Morgan fingerprint density at radius 1 is 1.35 bits per heavy atom. The molecule has 0 aliphatic rings. The molecule has 0 saturated heterocycles. The molecule has 1 aromatic carbocycles. The summed E-state index contributed by atoms with van der Waals surface area (Å²) in [7, 11) is 0. The third kappa shape index (κ3) is 2.01. The van der Waals surface area contributed by atoms with Gasteiger partial charge in [0, 0.05) is 15.2 Å². The highest BCUT2D eigenvalue weighted by atomic mass is 79.9. The predicted octanol–water partition coefficient (Wildman–Crippen LogP) is 3.81. The van der Waals surface area contributed by atoms with E-state index in [9.17, 15) is 0 Å². The number of aliphatic hydroxyl groups excluding tert-OH is 1. The molecule has 86 valence electrons. The van der Waals surface area contributed by atoms with Gasteiger partial charge in [-0.15, -0.1) is 11.3 Å². The summed E-state index contributed by atoms with van der Waals surface area (Å²) >= 11 is 4.85. The zero-order valence-corrected chi connectivity index (χ0v) is 11.1. The molecule has 0 atom stereocenters. The highest BCUT2D eigenvalue weighted by Crippen LogP contribution is 2.30. The van der Waals surface area contributed by atoms with E-state index < -0.39 is 0 Å². The molecule has 0 saturated carbocycles. The lowest BCUT2D eigenvalue weighted by atomic mass is 10.2. The lowest BCUT2D eigenvalue weighted by Crippen LogP contribution is -1.80. The molecule has 1 N–H and O–H groups in total. The van der Waals surface area contributed by atoms with Crippen molar-refractivity contribution in [1.82, 2.24) is 4.98 Å². The van der Waals surface area contributed by atoms with Crippen molar-refractivity contribution in [2.24, 2.45) is 0 Å². The highest BCUT2D eigenvalue weighted by molar-refractivity contribution is 9.10. The number of nitrogens with zero attached hydrogens (tertiary/aromatic N) is 1. The van der Waals surface area contributed by atoms with E-state index in [-0.39, 0.29) is 6.61 Å². The quantitative estimate of drug-likeness (QED) is 0.783. The first kappa shape index (κ1) is 11.0. The molecule has 0 aliphatic heterocycles. The van der Waals surface area contributed by atoms with Crippen molar-refractivity contribution in [1.29, 1.82) is 0 Å². The molecule has 0 fully saturated rings. The summed E-state index contributed by atoms with van der Waals surface area (Å²) in [6.07, 6.45) is 0. The van der Waals surface area contributed by atoms with Crippen LogP contribution in [0.3, 0.4) is 0 Å². The van der Waals surface area contributed by atoms with Crippen LogP contribution in [0.1, 0.15) is 5.01 Å². The number of rotatable bonds is 2. The first-order chi connectivity index (χ1) is 8.26. The number of aliphatic hydroxyl groups is 1. The van der Waals surface area contributed by atoms with E-state index in [2.05, 4.69) is 20.9 Å². The minimum atomic E-state index is -0.0313. The van der Waals surface area contributed by atoms with Crippen molar-refractivity contribution >= 4 is 38.2 Å². The number of furan rings is 1. The molecule has 17 heavy (non-hydrogen) atoms. The van der Waals surface area contributed by atoms with Gasteiger partial charge >= 0.3 is 0 Å². The van der Waals surface area contributed by atoms with Gasteiger partial charge in [-0.3, -0.25) is 0 Å². The fourth-order valence-electron chi connectivity index (χ4n) is 1.64. The Morgan fingerprint density at radius 3 is 3.00 bits per heavy atom. The summed E-state index contributed by atoms with van der Waals surface area (Å²) in [6, 6.07) is 7.82. The number of hydrogen-bond acceptors (Lipinski definition) is 4. The number of hydrogen-bond donors (Lipinski definition) is 1. The Kier molecular flexibility index (Phi) is 2.74. The second kappa shape index (κ2) is 4.25. The van der Waals surface area contributed by atoms with Crippen LogP contribution in [0.25, 0.3) is 22.4 Å². The van der Waals surface area contributed by atoms with Gasteiger partial charge in [0.2, 0.25) is 0 Å². The molecule has 0 aliphatic carbocycles. The molecule has 0 spiro atoms. The van der Waals surface area contributed by atoms with Crippen molar-refractivity contribution in [3.8, 4) is 11.5 Å². The Labute approximate surface area is 110 Å². The van der Waals surface area contributed by atoms with Crippen LogP contribution >= 0.6 is 27.3 Å². The van der Waals surface area contributed by atoms with Gasteiger partial charge in [0.05, 0.1) is 6.61 Å². The number of aromatic nitrogens is 1. The fourth-order valence-corrected chi connectivity index (χ4v) is 2.66. The first-order valence-electron chi connectivity index (χ1n) is 5.01. The van der Waals surface area contributed by atoms with Crippen LogP contribution in [0.2, 0.25) is 0 Å². The molecule has 0 unspecified atom stereocenters. The molecule has 2 heterocycles. The number of benzene rings is 1. The smallest absolute Gasteiger partial charge is 0.154 e. The molecule has 5 heteroatoms. The van der Waals surface area contributed by atoms with Crippen LogP contribution in [-0.4, -0.2) is 10.1 Å². The molecular weight excluding hydrogens is 302 g/mol. The van der Waals surface area contributed by atoms with Crippen molar-refractivity contribution in [2.45, 2.75) is 6.61 Å². The van der Waals surface area contributed by atoms with E-state index in [0.29, 0.717) is 5.01 Å². The Hall–Kier alpha value is -1.17. The molecular formula is C12H8BrNO2S. The van der Waals surface area contributed by atoms with Crippen LogP contribution in [0, 0.1) is 0 Å². The van der Waals surface area contributed by atoms with Gasteiger partial charge in [0.1, 0.15) is 16.3 Å². The predicted molar refractivity (Wildman–Crippen MR) is 70.9 cm³/mol. The number of halogens is 1. The Bertz CT molecular complexity index is 674. The fraction of sp³-hybridized carbons (Fsp3) is 0.0833. The lowest BCUT2D eigenvalue weighted by molar-refractivity contribution is 0.281. The van der Waals surface area contributed by atoms with Crippen molar-refractivity contribution < 1.29 is 9.52 Å². The third-order valence-corrected chi connectivity index (χ3v) is 3.74.